The molecule has 1 unspecified atom stereocenters. The number of aliphatic hydroxyl groups excluding tert-OH is 3. The molecule has 0 saturated carbocycles. The summed E-state index contributed by atoms with van der Waals surface area (Å²) in [5.41, 5.74) is 0. The molecular weight excluding hydrogens is 164 g/mol. The highest BCUT2D eigenvalue weighted by Gasteiger charge is 2.37. The van der Waals surface area contributed by atoms with Crippen LogP contribution in [0.25, 0.3) is 0 Å². The van der Waals surface area contributed by atoms with Crippen molar-refractivity contribution in [2.45, 2.75) is 31.5 Å². The molecule has 0 aromatic rings. The summed E-state index contributed by atoms with van der Waals surface area (Å²) in [6, 6.07) is 0. The maximum Gasteiger partial charge on any atom is 0.186 e. The normalized spacial score (nSPS) is 43.0. The van der Waals surface area contributed by atoms with E-state index in [9.17, 15) is 10.2 Å². The van der Waals surface area contributed by atoms with E-state index < -0.39 is 24.6 Å². The minimum atomic E-state index is -1.18. The third-order valence-electron chi connectivity index (χ3n) is 1.79. The SMILES string of the molecule is CCO[C@H]1OC[C@H](O)[C@H](O)C1O. The summed E-state index contributed by atoms with van der Waals surface area (Å²) in [6.45, 7) is 2.14. The average molecular weight is 178 g/mol. The smallest absolute Gasteiger partial charge is 0.186 e. The van der Waals surface area contributed by atoms with Crippen LogP contribution in [0.4, 0.5) is 0 Å². The molecule has 1 rings (SSSR count). The first-order valence-electron chi connectivity index (χ1n) is 3.94. The third kappa shape index (κ3) is 1.94. The van der Waals surface area contributed by atoms with Crippen molar-refractivity contribution < 1.29 is 24.8 Å². The van der Waals surface area contributed by atoms with Crippen molar-refractivity contribution in [1.82, 2.24) is 0 Å². The Kier molecular flexibility index (Phi) is 3.42. The molecule has 1 aliphatic rings. The van der Waals surface area contributed by atoms with Crippen LogP contribution in [0.1, 0.15) is 6.92 Å². The minimum absolute atomic E-state index is 0.0110. The highest BCUT2D eigenvalue weighted by molar-refractivity contribution is 4.82. The van der Waals surface area contributed by atoms with Crippen LogP contribution >= 0.6 is 0 Å². The summed E-state index contributed by atoms with van der Waals surface area (Å²) in [4.78, 5) is 0. The quantitative estimate of drug-likeness (QED) is 0.477. The van der Waals surface area contributed by atoms with Gasteiger partial charge in [-0.25, -0.2) is 0 Å². The van der Waals surface area contributed by atoms with Gasteiger partial charge in [-0.15, -0.1) is 0 Å². The largest absolute Gasteiger partial charge is 0.388 e. The van der Waals surface area contributed by atoms with E-state index in [2.05, 4.69) is 0 Å². The van der Waals surface area contributed by atoms with Crippen LogP contribution in [-0.4, -0.2) is 53.1 Å². The zero-order valence-corrected chi connectivity index (χ0v) is 6.88. The van der Waals surface area contributed by atoms with Gasteiger partial charge in [-0.05, 0) is 6.92 Å². The molecule has 1 heterocycles. The Labute approximate surface area is 70.5 Å². The van der Waals surface area contributed by atoms with Crippen molar-refractivity contribution in [2.75, 3.05) is 13.2 Å². The molecule has 0 amide bonds. The Morgan fingerprint density at radius 1 is 1.33 bits per heavy atom. The predicted molar refractivity (Wildman–Crippen MR) is 39.4 cm³/mol. The van der Waals surface area contributed by atoms with E-state index in [-0.39, 0.29) is 6.61 Å². The van der Waals surface area contributed by atoms with Crippen LogP contribution in [0.5, 0.6) is 0 Å². The Bertz CT molecular complexity index is 140. The Hall–Kier alpha value is -0.200. The molecule has 0 radical (unpaired) electrons. The van der Waals surface area contributed by atoms with Gasteiger partial charge in [0, 0.05) is 6.61 Å². The second-order valence-corrected chi connectivity index (χ2v) is 2.71. The lowest BCUT2D eigenvalue weighted by atomic mass is 10.1. The molecule has 5 heteroatoms. The lowest BCUT2D eigenvalue weighted by Crippen LogP contribution is -2.53. The molecule has 5 nitrogen and oxygen atoms in total. The van der Waals surface area contributed by atoms with Crippen molar-refractivity contribution in [1.29, 1.82) is 0 Å². The number of aliphatic hydroxyl groups is 3. The van der Waals surface area contributed by atoms with E-state index >= 15 is 0 Å². The van der Waals surface area contributed by atoms with Crippen molar-refractivity contribution >= 4 is 0 Å². The van der Waals surface area contributed by atoms with Crippen LogP contribution < -0.4 is 0 Å². The fourth-order valence-electron chi connectivity index (χ4n) is 1.09. The summed E-state index contributed by atoms with van der Waals surface area (Å²) in [5.74, 6) is 0. The Balaban J connectivity index is 2.46. The van der Waals surface area contributed by atoms with Crippen molar-refractivity contribution in [3.8, 4) is 0 Å². The molecule has 0 aromatic carbocycles. The fourth-order valence-corrected chi connectivity index (χ4v) is 1.09. The zero-order chi connectivity index (χ0) is 9.14. The monoisotopic (exact) mass is 178 g/mol. The lowest BCUT2D eigenvalue weighted by Gasteiger charge is -2.34. The van der Waals surface area contributed by atoms with Crippen LogP contribution in [0.2, 0.25) is 0 Å². The van der Waals surface area contributed by atoms with Crippen molar-refractivity contribution in [2.24, 2.45) is 0 Å². The van der Waals surface area contributed by atoms with Gasteiger partial charge in [-0.2, -0.15) is 0 Å². The molecule has 72 valence electrons. The van der Waals surface area contributed by atoms with E-state index in [0.717, 1.165) is 0 Å². The summed E-state index contributed by atoms with van der Waals surface area (Å²) < 4.78 is 9.90. The van der Waals surface area contributed by atoms with E-state index in [1.165, 1.54) is 0 Å². The first kappa shape index (κ1) is 9.88. The number of hydrogen-bond donors (Lipinski definition) is 3. The topological polar surface area (TPSA) is 79.2 Å². The highest BCUT2D eigenvalue weighted by Crippen LogP contribution is 2.15. The van der Waals surface area contributed by atoms with Crippen molar-refractivity contribution in [3.63, 3.8) is 0 Å². The second-order valence-electron chi connectivity index (χ2n) is 2.71. The number of ether oxygens (including phenoxy) is 2. The highest BCUT2D eigenvalue weighted by atomic mass is 16.7. The molecule has 0 aromatic heterocycles. The molecule has 0 bridgehead atoms. The Morgan fingerprint density at radius 3 is 2.58 bits per heavy atom. The second kappa shape index (κ2) is 4.15. The van der Waals surface area contributed by atoms with Gasteiger partial charge in [0.15, 0.2) is 6.29 Å². The summed E-state index contributed by atoms with van der Waals surface area (Å²) in [5, 5.41) is 27.5. The molecule has 0 aliphatic carbocycles. The molecule has 0 spiro atoms. The molecular formula is C7H14O5. The molecule has 3 N–H and O–H groups in total. The third-order valence-corrected chi connectivity index (χ3v) is 1.79. The summed E-state index contributed by atoms with van der Waals surface area (Å²) in [7, 11) is 0. The van der Waals surface area contributed by atoms with E-state index in [1.54, 1.807) is 6.92 Å². The zero-order valence-electron chi connectivity index (χ0n) is 6.88. The lowest BCUT2D eigenvalue weighted by molar-refractivity contribution is -0.268. The maximum atomic E-state index is 9.28. The molecule has 1 aliphatic heterocycles. The van der Waals surface area contributed by atoms with E-state index in [4.69, 9.17) is 14.6 Å². The van der Waals surface area contributed by atoms with Gasteiger partial charge >= 0.3 is 0 Å². The van der Waals surface area contributed by atoms with E-state index in [1.807, 2.05) is 0 Å². The van der Waals surface area contributed by atoms with E-state index in [0.29, 0.717) is 6.61 Å². The van der Waals surface area contributed by atoms with Crippen LogP contribution in [0.15, 0.2) is 0 Å². The van der Waals surface area contributed by atoms with Gasteiger partial charge in [0.05, 0.1) is 6.61 Å². The first-order valence-corrected chi connectivity index (χ1v) is 3.94. The standard InChI is InChI=1S/C7H14O5/c1-2-11-7-6(10)5(9)4(8)3-12-7/h4-10H,2-3H2,1H3/t4-,5-,6?,7-/m0/s1. The number of rotatable bonds is 2. The molecule has 12 heavy (non-hydrogen) atoms. The van der Waals surface area contributed by atoms with Gasteiger partial charge < -0.3 is 24.8 Å². The predicted octanol–water partition coefficient (Wildman–Crippen LogP) is -1.54. The van der Waals surface area contributed by atoms with Gasteiger partial charge in [-0.1, -0.05) is 0 Å². The van der Waals surface area contributed by atoms with Crippen molar-refractivity contribution in [3.05, 3.63) is 0 Å². The van der Waals surface area contributed by atoms with Crippen LogP contribution in [0, 0.1) is 0 Å². The Morgan fingerprint density at radius 2 is 2.00 bits per heavy atom. The molecule has 1 saturated heterocycles. The molecule has 1 fully saturated rings. The molecule has 4 atom stereocenters. The van der Waals surface area contributed by atoms with Gasteiger partial charge in [-0.3, -0.25) is 0 Å². The maximum absolute atomic E-state index is 9.28. The fraction of sp³-hybridized carbons (Fsp3) is 1.00. The summed E-state index contributed by atoms with van der Waals surface area (Å²) in [6.07, 6.45) is -4.21. The van der Waals surface area contributed by atoms with Crippen LogP contribution in [0.3, 0.4) is 0 Å². The summed E-state index contributed by atoms with van der Waals surface area (Å²) >= 11 is 0. The van der Waals surface area contributed by atoms with Gasteiger partial charge in [0.1, 0.15) is 18.3 Å². The minimum Gasteiger partial charge on any atom is -0.388 e. The average Bonchev–Trinajstić information content (AvgIpc) is 2.07. The van der Waals surface area contributed by atoms with Crippen LogP contribution in [-0.2, 0) is 9.47 Å². The van der Waals surface area contributed by atoms with Gasteiger partial charge in [0.2, 0.25) is 0 Å². The first-order chi connectivity index (χ1) is 5.66. The van der Waals surface area contributed by atoms with Gasteiger partial charge in [0.25, 0.3) is 0 Å². The number of hydrogen-bond acceptors (Lipinski definition) is 5.